The average Bonchev–Trinajstić information content (AvgIpc) is 3.86. The van der Waals surface area contributed by atoms with Gasteiger partial charge < -0.3 is 45.3 Å². The first-order chi connectivity index (χ1) is 34.8. The molecule has 72 heavy (non-hydrogen) atoms. The SMILES string of the molecule is Cc1c(F)cc2c(c1-c1c(C(N)=O)ccc(OCCO)c1F)[C@H](C)[C@@](CNC1CCN(CC3CCC(CN4CCC(c5ccc6c(c5)N(C)NC6N5CCC(=O)NC5=O)CC4)CC3)CC1)(c1ccccc1)O2. The van der Waals surface area contributed by atoms with E-state index in [9.17, 15) is 19.5 Å². The molecule has 0 radical (unpaired) electrons. The van der Waals surface area contributed by atoms with Crippen molar-refractivity contribution in [2.75, 3.05) is 77.6 Å². The van der Waals surface area contributed by atoms with Crippen LogP contribution in [-0.2, 0) is 10.4 Å². The van der Waals surface area contributed by atoms with E-state index >= 15 is 8.78 Å². The number of aliphatic hydroxyl groups excluding tert-OH is 1. The Labute approximate surface area is 421 Å². The number of hydrazine groups is 1. The van der Waals surface area contributed by atoms with E-state index in [-0.39, 0.29) is 71.1 Å². The van der Waals surface area contributed by atoms with Gasteiger partial charge in [-0.2, -0.15) is 0 Å². The number of anilines is 1. The number of fused-ring (bicyclic) bond motifs is 2. The summed E-state index contributed by atoms with van der Waals surface area (Å²) in [6, 6.07) is 20.5. The molecule has 6 N–H and O–H groups in total. The zero-order chi connectivity index (χ0) is 50.3. The predicted molar refractivity (Wildman–Crippen MR) is 272 cm³/mol. The number of hydrogen-bond donors (Lipinski definition) is 5. The molecule has 384 valence electrons. The molecular formula is C56H70F2N8O6. The monoisotopic (exact) mass is 989 g/mol. The van der Waals surface area contributed by atoms with Gasteiger partial charge in [-0.1, -0.05) is 49.4 Å². The minimum atomic E-state index is -0.971. The Hall–Kier alpha value is -5.65. The van der Waals surface area contributed by atoms with Gasteiger partial charge in [0.25, 0.3) is 0 Å². The Morgan fingerprint density at radius 2 is 1.57 bits per heavy atom. The summed E-state index contributed by atoms with van der Waals surface area (Å²) in [5.74, 6) is -0.848. The highest BCUT2D eigenvalue weighted by Gasteiger charge is 2.50. The number of benzene rings is 4. The number of ether oxygens (including phenoxy) is 2. The van der Waals surface area contributed by atoms with Crippen LogP contribution in [0.5, 0.6) is 11.5 Å². The normalized spacial score (nSPS) is 25.3. The molecule has 3 saturated heterocycles. The molecule has 14 nitrogen and oxygen atoms in total. The summed E-state index contributed by atoms with van der Waals surface area (Å²) in [5.41, 5.74) is 13.4. The molecule has 16 heteroatoms. The number of halogens is 2. The quantitative estimate of drug-likeness (QED) is 0.0805. The molecular weight excluding hydrogens is 919 g/mol. The highest BCUT2D eigenvalue weighted by molar-refractivity contribution is 6.01. The molecule has 1 saturated carbocycles. The molecule has 5 heterocycles. The second kappa shape index (κ2) is 21.1. The maximum Gasteiger partial charge on any atom is 0.325 e. The lowest BCUT2D eigenvalue weighted by atomic mass is 9.76. The summed E-state index contributed by atoms with van der Waals surface area (Å²) in [6.45, 7) is 10.5. The number of carbonyl (C=O) groups is 3. The number of piperidine rings is 2. The molecule has 4 aromatic carbocycles. The van der Waals surface area contributed by atoms with Gasteiger partial charge in [0.05, 0.1) is 17.9 Å². The van der Waals surface area contributed by atoms with Crippen molar-refractivity contribution in [3.8, 4) is 22.6 Å². The molecule has 1 unspecified atom stereocenters. The molecule has 0 bridgehead atoms. The van der Waals surface area contributed by atoms with E-state index in [1.165, 1.54) is 56.0 Å². The highest BCUT2D eigenvalue weighted by atomic mass is 19.1. The molecule has 0 aromatic heterocycles. The Morgan fingerprint density at radius 1 is 0.889 bits per heavy atom. The first kappa shape index (κ1) is 49.9. The van der Waals surface area contributed by atoms with E-state index in [0.717, 1.165) is 81.1 Å². The van der Waals surface area contributed by atoms with Gasteiger partial charge in [0.1, 0.15) is 24.3 Å². The number of likely N-dealkylation sites (tertiary alicyclic amines) is 2. The van der Waals surface area contributed by atoms with E-state index in [1.807, 2.05) is 49.3 Å². The second-order valence-corrected chi connectivity index (χ2v) is 21.2. The molecule has 1 aliphatic carbocycles. The van der Waals surface area contributed by atoms with Crippen LogP contribution in [0.3, 0.4) is 0 Å². The van der Waals surface area contributed by atoms with Crippen LogP contribution >= 0.6 is 0 Å². The molecule has 6 aliphatic rings. The number of rotatable bonds is 15. The van der Waals surface area contributed by atoms with Crippen LogP contribution in [0, 0.1) is 30.4 Å². The summed E-state index contributed by atoms with van der Waals surface area (Å²) in [6.07, 6.45) is 9.39. The fourth-order valence-electron chi connectivity index (χ4n) is 12.8. The number of amides is 4. The number of imide groups is 1. The number of primary amides is 1. The number of aliphatic hydroxyl groups is 1. The van der Waals surface area contributed by atoms with Gasteiger partial charge >= 0.3 is 6.03 Å². The van der Waals surface area contributed by atoms with Crippen LogP contribution in [0.1, 0.15) is 121 Å². The summed E-state index contributed by atoms with van der Waals surface area (Å²) in [4.78, 5) is 44.2. The van der Waals surface area contributed by atoms with Crippen molar-refractivity contribution in [2.45, 2.75) is 101 Å². The van der Waals surface area contributed by atoms with E-state index < -0.39 is 29.1 Å². The molecule has 3 atom stereocenters. The Bertz CT molecular complexity index is 2650. The van der Waals surface area contributed by atoms with Gasteiger partial charge in [-0.05, 0) is 143 Å². The second-order valence-electron chi connectivity index (χ2n) is 21.2. The molecule has 4 fully saturated rings. The van der Waals surface area contributed by atoms with E-state index in [0.29, 0.717) is 36.9 Å². The Balaban J connectivity index is 0.714. The Morgan fingerprint density at radius 3 is 2.22 bits per heavy atom. The Kier molecular flexibility index (Phi) is 14.6. The number of hydrogen-bond acceptors (Lipinski definition) is 11. The third-order valence-electron chi connectivity index (χ3n) is 16.9. The van der Waals surface area contributed by atoms with Crippen molar-refractivity contribution in [1.29, 1.82) is 0 Å². The molecule has 10 rings (SSSR count). The van der Waals surface area contributed by atoms with Crippen LogP contribution in [0.15, 0.2) is 66.7 Å². The van der Waals surface area contributed by atoms with Gasteiger partial charge in [0.15, 0.2) is 17.2 Å². The minimum absolute atomic E-state index is 0.0988. The minimum Gasteiger partial charge on any atom is -0.488 e. The zero-order valence-electron chi connectivity index (χ0n) is 41.9. The maximum atomic E-state index is 16.5. The highest BCUT2D eigenvalue weighted by Crippen LogP contribution is 2.56. The van der Waals surface area contributed by atoms with Crippen LogP contribution in [-0.4, -0.2) is 116 Å². The van der Waals surface area contributed by atoms with Crippen molar-refractivity contribution in [3.63, 3.8) is 0 Å². The van der Waals surface area contributed by atoms with E-state index in [2.05, 4.69) is 44.1 Å². The number of nitrogens with two attached hydrogens (primary N) is 1. The van der Waals surface area contributed by atoms with Gasteiger partial charge in [0.2, 0.25) is 11.8 Å². The fourth-order valence-corrected chi connectivity index (χ4v) is 12.8. The first-order valence-corrected chi connectivity index (χ1v) is 26.2. The summed E-state index contributed by atoms with van der Waals surface area (Å²) >= 11 is 0. The average molecular weight is 989 g/mol. The maximum absolute atomic E-state index is 16.5. The van der Waals surface area contributed by atoms with Gasteiger partial charge in [-0.3, -0.25) is 14.9 Å². The summed E-state index contributed by atoms with van der Waals surface area (Å²) in [7, 11) is 1.99. The number of nitrogens with one attached hydrogen (secondary N) is 3. The third kappa shape index (κ3) is 9.80. The van der Waals surface area contributed by atoms with E-state index in [4.69, 9.17) is 15.2 Å². The standard InChI is InChI=1S/C56H70F2N8O6/c1-34-44(57)30-47-50(49(34)51-43(53(59)69)15-16-46(52(51)58)71-28-27-67)35(2)56(72-47,40-7-5-4-6-8-40)33-60-41-19-24-65(25-20-41)32-37-11-9-36(10-12-37)31-64-22-17-38(18-23-64)39-13-14-42-45(29-39)63(3)62-54(42)66-26-21-48(68)61-55(66)70/h4-8,13-16,29-30,35-38,41,54,60,62,67H,9-12,17-28,31-33H2,1-3H3,(H2,59,69)(H,61,68,70)/t35-,36?,37?,54?,56-/m0/s1. The number of nitrogens with zero attached hydrogens (tertiary/aromatic N) is 4. The zero-order valence-corrected chi connectivity index (χ0v) is 41.9. The third-order valence-corrected chi connectivity index (χ3v) is 16.9. The molecule has 4 aromatic rings. The largest absolute Gasteiger partial charge is 0.488 e. The predicted octanol–water partition coefficient (Wildman–Crippen LogP) is 7.44. The van der Waals surface area contributed by atoms with Crippen molar-refractivity contribution < 1.29 is 37.7 Å². The molecule has 5 aliphatic heterocycles. The van der Waals surface area contributed by atoms with Gasteiger partial charge in [-0.25, -0.2) is 19.0 Å². The van der Waals surface area contributed by atoms with Crippen LogP contribution in [0.4, 0.5) is 19.3 Å². The van der Waals surface area contributed by atoms with E-state index in [1.54, 1.807) is 11.8 Å². The molecule has 4 amide bonds. The summed E-state index contributed by atoms with van der Waals surface area (Å²) in [5, 5.41) is 17.7. The first-order valence-electron chi connectivity index (χ1n) is 26.2. The van der Waals surface area contributed by atoms with Crippen LogP contribution < -0.4 is 36.3 Å². The number of carbonyl (C=O) groups excluding carboxylic acids is 3. The lowest BCUT2D eigenvalue weighted by Gasteiger charge is -2.40. The van der Waals surface area contributed by atoms with Gasteiger partial charge in [0, 0.05) is 74.4 Å². The van der Waals surface area contributed by atoms with Crippen LogP contribution in [0.25, 0.3) is 11.1 Å². The van der Waals surface area contributed by atoms with Crippen molar-refractivity contribution in [3.05, 3.63) is 112 Å². The smallest absolute Gasteiger partial charge is 0.325 e. The fraction of sp³-hybridized carbons (Fsp3) is 0.518. The number of urea groups is 1. The van der Waals surface area contributed by atoms with Crippen LogP contribution in [0.2, 0.25) is 0 Å². The van der Waals surface area contributed by atoms with Crippen molar-refractivity contribution in [1.82, 2.24) is 30.8 Å². The van der Waals surface area contributed by atoms with Crippen molar-refractivity contribution >= 4 is 23.5 Å². The van der Waals surface area contributed by atoms with Crippen molar-refractivity contribution in [2.24, 2.45) is 17.6 Å². The topological polar surface area (TPSA) is 165 Å². The lowest BCUT2D eigenvalue weighted by molar-refractivity contribution is -0.121. The van der Waals surface area contributed by atoms with Gasteiger partial charge in [-0.15, -0.1) is 0 Å². The lowest BCUT2D eigenvalue weighted by Crippen LogP contribution is -2.53. The molecule has 0 spiro atoms. The summed E-state index contributed by atoms with van der Waals surface area (Å²) < 4.78 is 45.0.